The van der Waals surface area contributed by atoms with Gasteiger partial charge in [0.25, 0.3) is 0 Å². The number of hydrogen-bond acceptors (Lipinski definition) is 5. The first kappa shape index (κ1) is 17.2. The lowest BCUT2D eigenvalue weighted by Gasteiger charge is -2.16. The van der Waals surface area contributed by atoms with Crippen LogP contribution in [0.4, 0.5) is 5.69 Å². The van der Waals surface area contributed by atoms with Crippen molar-refractivity contribution in [3.05, 3.63) is 59.2 Å². The molecule has 1 aliphatic rings. The smallest absolute Gasteiger partial charge is 0.338 e. The number of ether oxygens (including phenoxy) is 1. The molecule has 1 N–H and O–H groups in total. The molecule has 1 heterocycles. The van der Waals surface area contributed by atoms with Gasteiger partial charge in [0.05, 0.1) is 17.0 Å². The monoisotopic (exact) mass is 355 g/mol. The molecule has 0 atom stereocenters. The fraction of sp³-hybridized carbons (Fsp3) is 0.211. The van der Waals surface area contributed by atoms with Crippen molar-refractivity contribution in [2.24, 2.45) is 0 Å². The number of rotatable bonds is 5. The molecule has 0 bridgehead atoms. The molecule has 0 aromatic heterocycles. The first-order valence-electron chi connectivity index (χ1n) is 7.93. The van der Waals surface area contributed by atoms with Gasteiger partial charge >= 0.3 is 5.97 Å². The number of hydrogen-bond donors (Lipinski definition) is 1. The third-order valence-electron chi connectivity index (χ3n) is 3.87. The van der Waals surface area contributed by atoms with Crippen LogP contribution in [0.25, 0.3) is 0 Å². The Balaban J connectivity index is 1.63. The van der Waals surface area contributed by atoms with E-state index in [9.17, 15) is 14.4 Å². The van der Waals surface area contributed by atoms with E-state index in [0.717, 1.165) is 16.9 Å². The van der Waals surface area contributed by atoms with Gasteiger partial charge in [-0.25, -0.2) is 4.79 Å². The molecule has 25 heavy (non-hydrogen) atoms. The van der Waals surface area contributed by atoms with Crippen molar-refractivity contribution in [3.63, 3.8) is 0 Å². The van der Waals surface area contributed by atoms with Crippen LogP contribution in [0.1, 0.15) is 33.2 Å². The zero-order valence-electron chi connectivity index (χ0n) is 13.7. The summed E-state index contributed by atoms with van der Waals surface area (Å²) >= 11 is 1.42. The molecular formula is C19H17NO4S. The number of nitrogens with one attached hydrogen (secondary N) is 1. The number of carbonyl (C=O) groups is 3. The molecule has 0 saturated carbocycles. The fourth-order valence-corrected chi connectivity index (χ4v) is 3.22. The van der Waals surface area contributed by atoms with Crippen LogP contribution in [0.15, 0.2) is 47.4 Å². The number of aryl methyl sites for hydroxylation is 1. The van der Waals surface area contributed by atoms with Crippen LogP contribution in [0.5, 0.6) is 0 Å². The van der Waals surface area contributed by atoms with E-state index in [4.69, 9.17) is 4.74 Å². The molecule has 6 heteroatoms. The second-order valence-corrected chi connectivity index (χ2v) is 6.61. The zero-order valence-corrected chi connectivity index (χ0v) is 14.5. The van der Waals surface area contributed by atoms with E-state index in [1.54, 1.807) is 30.3 Å². The third-order valence-corrected chi connectivity index (χ3v) is 4.94. The largest absolute Gasteiger partial charge is 0.454 e. The Morgan fingerprint density at radius 1 is 1.12 bits per heavy atom. The normalized spacial score (nSPS) is 12.9. The lowest BCUT2D eigenvalue weighted by Crippen LogP contribution is -2.19. The van der Waals surface area contributed by atoms with Crippen LogP contribution in [0, 0.1) is 0 Å². The molecule has 2 aromatic rings. The predicted molar refractivity (Wildman–Crippen MR) is 96.2 cm³/mol. The topological polar surface area (TPSA) is 72.5 Å². The first-order valence-corrected chi connectivity index (χ1v) is 8.91. The van der Waals surface area contributed by atoms with Gasteiger partial charge in [0.15, 0.2) is 12.4 Å². The van der Waals surface area contributed by atoms with Gasteiger partial charge in [-0.1, -0.05) is 31.2 Å². The number of benzene rings is 2. The summed E-state index contributed by atoms with van der Waals surface area (Å²) in [6.07, 6.45) is 0.899. The van der Waals surface area contributed by atoms with E-state index >= 15 is 0 Å². The lowest BCUT2D eigenvalue weighted by atomic mass is 10.1. The number of anilines is 1. The van der Waals surface area contributed by atoms with Crippen molar-refractivity contribution >= 4 is 35.1 Å². The van der Waals surface area contributed by atoms with Gasteiger partial charge in [-0.3, -0.25) is 9.59 Å². The molecule has 0 spiro atoms. The summed E-state index contributed by atoms with van der Waals surface area (Å²) in [6.45, 7) is 1.72. The van der Waals surface area contributed by atoms with Crippen molar-refractivity contribution in [3.8, 4) is 0 Å². The Kier molecular flexibility index (Phi) is 5.19. The molecule has 0 aliphatic carbocycles. The number of fused-ring (bicyclic) bond motifs is 1. The highest BCUT2D eigenvalue weighted by Gasteiger charge is 2.18. The number of ketones is 1. The van der Waals surface area contributed by atoms with Crippen LogP contribution in [0.2, 0.25) is 0 Å². The second kappa shape index (κ2) is 7.53. The van der Waals surface area contributed by atoms with E-state index in [-0.39, 0.29) is 18.3 Å². The van der Waals surface area contributed by atoms with Crippen LogP contribution in [-0.2, 0) is 16.0 Å². The van der Waals surface area contributed by atoms with Crippen molar-refractivity contribution < 1.29 is 19.1 Å². The second-order valence-electron chi connectivity index (χ2n) is 5.60. The number of thioether (sulfide) groups is 1. The van der Waals surface area contributed by atoms with Gasteiger partial charge in [0.2, 0.25) is 5.91 Å². The summed E-state index contributed by atoms with van der Waals surface area (Å²) in [5.74, 6) is -0.583. The average molecular weight is 355 g/mol. The molecule has 0 radical (unpaired) electrons. The molecule has 128 valence electrons. The lowest BCUT2D eigenvalue weighted by molar-refractivity contribution is -0.113. The van der Waals surface area contributed by atoms with Crippen LogP contribution >= 0.6 is 11.8 Å². The third kappa shape index (κ3) is 4.09. The molecule has 2 aromatic carbocycles. The summed E-state index contributed by atoms with van der Waals surface area (Å²) in [7, 11) is 0. The average Bonchev–Trinajstić information content (AvgIpc) is 2.65. The maximum atomic E-state index is 12.2. The molecule has 1 amide bonds. The van der Waals surface area contributed by atoms with Gasteiger partial charge < -0.3 is 10.1 Å². The minimum Gasteiger partial charge on any atom is -0.454 e. The maximum absolute atomic E-state index is 12.2. The summed E-state index contributed by atoms with van der Waals surface area (Å²) in [5.41, 5.74) is 2.55. The van der Waals surface area contributed by atoms with Crippen molar-refractivity contribution in [2.45, 2.75) is 18.2 Å². The standard InChI is InChI=1S/C19H17NO4S/c1-2-12-3-5-13(6-4-12)16(21)10-24-19(23)14-7-8-17-15(9-14)20-18(22)11-25-17/h3-9H,2,10-11H2,1H3,(H,20,22). The van der Waals surface area contributed by atoms with Gasteiger partial charge in [0, 0.05) is 10.5 Å². The van der Waals surface area contributed by atoms with E-state index in [0.29, 0.717) is 22.6 Å². The summed E-state index contributed by atoms with van der Waals surface area (Å²) in [5, 5.41) is 2.72. The minimum absolute atomic E-state index is 0.103. The molecular weight excluding hydrogens is 338 g/mol. The van der Waals surface area contributed by atoms with Gasteiger partial charge in [0.1, 0.15) is 0 Å². The van der Waals surface area contributed by atoms with E-state index in [1.165, 1.54) is 11.8 Å². The Bertz CT molecular complexity index is 830. The van der Waals surface area contributed by atoms with E-state index < -0.39 is 5.97 Å². The number of amides is 1. The molecule has 1 aliphatic heterocycles. The van der Waals surface area contributed by atoms with E-state index in [2.05, 4.69) is 5.32 Å². The van der Waals surface area contributed by atoms with Gasteiger partial charge in [-0.2, -0.15) is 0 Å². The van der Waals surface area contributed by atoms with Gasteiger partial charge in [-0.05, 0) is 30.2 Å². The summed E-state index contributed by atoms with van der Waals surface area (Å²) in [4.78, 5) is 36.6. The van der Waals surface area contributed by atoms with Crippen LogP contribution < -0.4 is 5.32 Å². The zero-order chi connectivity index (χ0) is 17.8. The predicted octanol–water partition coefficient (Wildman–Crippen LogP) is 3.33. The quantitative estimate of drug-likeness (QED) is 0.658. The molecule has 0 unspecified atom stereocenters. The Morgan fingerprint density at radius 2 is 1.84 bits per heavy atom. The molecule has 5 nitrogen and oxygen atoms in total. The van der Waals surface area contributed by atoms with E-state index in [1.807, 2.05) is 19.1 Å². The van der Waals surface area contributed by atoms with Crippen LogP contribution in [0.3, 0.4) is 0 Å². The highest BCUT2D eigenvalue weighted by molar-refractivity contribution is 8.00. The Morgan fingerprint density at radius 3 is 2.56 bits per heavy atom. The Labute approximate surface area is 149 Å². The molecule has 0 fully saturated rings. The van der Waals surface area contributed by atoms with Crippen molar-refractivity contribution in [2.75, 3.05) is 17.7 Å². The van der Waals surface area contributed by atoms with Gasteiger partial charge in [-0.15, -0.1) is 11.8 Å². The van der Waals surface area contributed by atoms with Crippen molar-refractivity contribution in [1.29, 1.82) is 0 Å². The first-order chi connectivity index (χ1) is 12.1. The highest BCUT2D eigenvalue weighted by atomic mass is 32.2. The maximum Gasteiger partial charge on any atom is 0.338 e. The van der Waals surface area contributed by atoms with Crippen molar-refractivity contribution in [1.82, 2.24) is 0 Å². The van der Waals surface area contributed by atoms with Crippen LogP contribution in [-0.4, -0.2) is 30.0 Å². The number of Topliss-reactive ketones (excluding diaryl/α,β-unsaturated/α-hetero) is 1. The SMILES string of the molecule is CCc1ccc(C(=O)COC(=O)c2ccc3c(c2)NC(=O)CS3)cc1. The Hall–Kier alpha value is -2.60. The number of carbonyl (C=O) groups excluding carboxylic acids is 3. The molecule has 0 saturated heterocycles. The highest BCUT2D eigenvalue weighted by Crippen LogP contribution is 2.32. The minimum atomic E-state index is -0.592. The molecule has 3 rings (SSSR count). The summed E-state index contributed by atoms with van der Waals surface area (Å²) < 4.78 is 5.11. The fourth-order valence-electron chi connectivity index (χ4n) is 2.43. The number of esters is 1. The summed E-state index contributed by atoms with van der Waals surface area (Å²) in [6, 6.07) is 12.2.